The lowest BCUT2D eigenvalue weighted by atomic mass is 10.1. The molecule has 0 N–H and O–H groups in total. The number of benzene rings is 1. The summed E-state index contributed by atoms with van der Waals surface area (Å²) >= 11 is 4.21. The third-order valence-electron chi connectivity index (χ3n) is 2.56. The van der Waals surface area contributed by atoms with Gasteiger partial charge >= 0.3 is 0 Å². The Balaban J connectivity index is 2.50. The van der Waals surface area contributed by atoms with Crippen LogP contribution in [0.4, 0.5) is 0 Å². The highest BCUT2D eigenvalue weighted by Crippen LogP contribution is 2.29. The molecule has 0 saturated carbocycles. The van der Waals surface area contributed by atoms with E-state index in [4.69, 9.17) is 9.26 Å². The summed E-state index contributed by atoms with van der Waals surface area (Å²) in [5.74, 6) is 1.64. The third-order valence-corrected chi connectivity index (χ3v) is 2.79. The minimum atomic E-state index is 0.657. The molecule has 0 aliphatic heterocycles. The van der Waals surface area contributed by atoms with Gasteiger partial charge in [-0.3, -0.25) is 0 Å². The molecule has 0 atom stereocenters. The molecule has 0 unspecified atom stereocenters. The standard InChI is InChI=1S/C12H15NO2S/c1-3-14-11-5-4-9-10(6-7-16)13-15-12(9)8(11)2/h4-5,16H,3,6-7H2,1-2H3. The summed E-state index contributed by atoms with van der Waals surface area (Å²) in [6.07, 6.45) is 0.823. The normalized spacial score (nSPS) is 10.9. The maximum atomic E-state index is 5.51. The lowest BCUT2D eigenvalue weighted by Crippen LogP contribution is -1.94. The first-order valence-corrected chi connectivity index (χ1v) is 6.02. The molecule has 0 aliphatic rings. The van der Waals surface area contributed by atoms with Crippen molar-refractivity contribution in [3.05, 3.63) is 23.4 Å². The second kappa shape index (κ2) is 4.78. The van der Waals surface area contributed by atoms with Crippen LogP contribution in [-0.4, -0.2) is 17.5 Å². The van der Waals surface area contributed by atoms with E-state index in [1.54, 1.807) is 0 Å². The van der Waals surface area contributed by atoms with Crippen molar-refractivity contribution in [2.24, 2.45) is 0 Å². The van der Waals surface area contributed by atoms with Crippen LogP contribution in [0.25, 0.3) is 11.0 Å². The summed E-state index contributed by atoms with van der Waals surface area (Å²) in [5.41, 5.74) is 2.80. The molecule has 0 radical (unpaired) electrons. The van der Waals surface area contributed by atoms with Crippen LogP contribution in [0, 0.1) is 6.92 Å². The molecule has 0 fully saturated rings. The Morgan fingerprint density at radius 1 is 1.44 bits per heavy atom. The van der Waals surface area contributed by atoms with Gasteiger partial charge in [0.05, 0.1) is 12.3 Å². The van der Waals surface area contributed by atoms with Crippen molar-refractivity contribution in [3.63, 3.8) is 0 Å². The van der Waals surface area contributed by atoms with Gasteiger partial charge in [0.2, 0.25) is 0 Å². The average Bonchev–Trinajstić information content (AvgIpc) is 2.67. The van der Waals surface area contributed by atoms with Gasteiger partial charge in [-0.25, -0.2) is 0 Å². The first-order chi connectivity index (χ1) is 7.77. The number of nitrogens with zero attached hydrogens (tertiary/aromatic N) is 1. The number of thiol groups is 1. The zero-order valence-electron chi connectivity index (χ0n) is 9.49. The smallest absolute Gasteiger partial charge is 0.173 e. The topological polar surface area (TPSA) is 35.3 Å². The molecule has 0 saturated heterocycles. The highest BCUT2D eigenvalue weighted by molar-refractivity contribution is 7.80. The van der Waals surface area contributed by atoms with E-state index in [1.165, 1.54) is 0 Å². The lowest BCUT2D eigenvalue weighted by molar-refractivity contribution is 0.337. The van der Waals surface area contributed by atoms with E-state index < -0.39 is 0 Å². The zero-order chi connectivity index (χ0) is 11.5. The fourth-order valence-corrected chi connectivity index (χ4v) is 1.98. The van der Waals surface area contributed by atoms with E-state index in [0.29, 0.717) is 6.61 Å². The number of rotatable bonds is 4. The molecule has 2 rings (SSSR count). The van der Waals surface area contributed by atoms with Crippen molar-refractivity contribution in [3.8, 4) is 5.75 Å². The highest BCUT2D eigenvalue weighted by atomic mass is 32.1. The fourth-order valence-electron chi connectivity index (χ4n) is 1.77. The molecule has 86 valence electrons. The van der Waals surface area contributed by atoms with Crippen LogP contribution >= 0.6 is 12.6 Å². The van der Waals surface area contributed by atoms with Gasteiger partial charge in [-0.2, -0.15) is 12.6 Å². The first kappa shape index (κ1) is 11.3. The quantitative estimate of drug-likeness (QED) is 0.830. The van der Waals surface area contributed by atoms with Gasteiger partial charge in [-0.15, -0.1) is 0 Å². The van der Waals surface area contributed by atoms with Gasteiger partial charge in [0.1, 0.15) is 5.75 Å². The van der Waals surface area contributed by atoms with Crippen molar-refractivity contribution >= 4 is 23.6 Å². The van der Waals surface area contributed by atoms with Crippen LogP contribution in [0.15, 0.2) is 16.7 Å². The number of fused-ring (bicyclic) bond motifs is 1. The van der Waals surface area contributed by atoms with Gasteiger partial charge in [-0.1, -0.05) is 5.16 Å². The molecule has 0 bridgehead atoms. The van der Waals surface area contributed by atoms with Gasteiger partial charge < -0.3 is 9.26 Å². The van der Waals surface area contributed by atoms with Gasteiger partial charge in [0.15, 0.2) is 5.58 Å². The molecule has 0 amide bonds. The van der Waals surface area contributed by atoms with Crippen LogP contribution in [0.2, 0.25) is 0 Å². The fraction of sp³-hybridized carbons (Fsp3) is 0.417. The number of aryl methyl sites for hydroxylation is 2. The van der Waals surface area contributed by atoms with Crippen LogP contribution in [-0.2, 0) is 6.42 Å². The first-order valence-electron chi connectivity index (χ1n) is 5.39. The maximum Gasteiger partial charge on any atom is 0.173 e. The predicted octanol–water partition coefficient (Wildman–Crippen LogP) is 3.01. The Kier molecular flexibility index (Phi) is 3.39. The number of aromatic nitrogens is 1. The Labute approximate surface area is 100 Å². The predicted molar refractivity (Wildman–Crippen MR) is 67.5 cm³/mol. The van der Waals surface area contributed by atoms with Crippen LogP contribution < -0.4 is 4.74 Å². The number of ether oxygens (including phenoxy) is 1. The average molecular weight is 237 g/mol. The van der Waals surface area contributed by atoms with Crippen molar-refractivity contribution in [1.29, 1.82) is 0 Å². The number of hydrogen-bond acceptors (Lipinski definition) is 4. The summed E-state index contributed by atoms with van der Waals surface area (Å²) in [7, 11) is 0. The largest absolute Gasteiger partial charge is 0.493 e. The summed E-state index contributed by atoms with van der Waals surface area (Å²) < 4.78 is 10.9. The summed E-state index contributed by atoms with van der Waals surface area (Å²) in [6, 6.07) is 3.98. The molecule has 0 spiro atoms. The van der Waals surface area contributed by atoms with Crippen molar-refractivity contribution in [1.82, 2.24) is 5.16 Å². The van der Waals surface area contributed by atoms with E-state index in [9.17, 15) is 0 Å². The minimum absolute atomic E-state index is 0.657. The SMILES string of the molecule is CCOc1ccc2c(CCS)noc2c1C. The van der Waals surface area contributed by atoms with E-state index >= 15 is 0 Å². The van der Waals surface area contributed by atoms with Crippen LogP contribution in [0.3, 0.4) is 0 Å². The Morgan fingerprint density at radius 2 is 2.25 bits per heavy atom. The summed E-state index contributed by atoms with van der Waals surface area (Å²) in [5, 5.41) is 5.13. The van der Waals surface area contributed by atoms with Gasteiger partial charge in [0.25, 0.3) is 0 Å². The molecule has 1 heterocycles. The highest BCUT2D eigenvalue weighted by Gasteiger charge is 2.12. The molecule has 4 heteroatoms. The van der Waals surface area contributed by atoms with E-state index in [0.717, 1.165) is 40.1 Å². The summed E-state index contributed by atoms with van der Waals surface area (Å²) in [6.45, 7) is 4.61. The molecular weight excluding hydrogens is 222 g/mol. The third kappa shape index (κ3) is 1.89. The molecular formula is C12H15NO2S. The Morgan fingerprint density at radius 3 is 2.94 bits per heavy atom. The van der Waals surface area contributed by atoms with Crippen molar-refractivity contribution in [2.75, 3.05) is 12.4 Å². The van der Waals surface area contributed by atoms with E-state index in [2.05, 4.69) is 17.8 Å². The Hall–Kier alpha value is -1.16. The molecule has 2 aromatic rings. The monoisotopic (exact) mass is 237 g/mol. The van der Waals surface area contributed by atoms with E-state index in [1.807, 2.05) is 26.0 Å². The van der Waals surface area contributed by atoms with Crippen molar-refractivity contribution < 1.29 is 9.26 Å². The second-order valence-corrected chi connectivity index (χ2v) is 4.05. The lowest BCUT2D eigenvalue weighted by Gasteiger charge is -2.05. The Bertz CT molecular complexity index is 493. The maximum absolute atomic E-state index is 5.51. The zero-order valence-corrected chi connectivity index (χ0v) is 10.4. The van der Waals surface area contributed by atoms with E-state index in [-0.39, 0.29) is 0 Å². The minimum Gasteiger partial charge on any atom is -0.493 e. The molecule has 1 aromatic heterocycles. The van der Waals surface area contributed by atoms with Gasteiger partial charge in [0, 0.05) is 17.4 Å². The summed E-state index contributed by atoms with van der Waals surface area (Å²) in [4.78, 5) is 0. The van der Waals surface area contributed by atoms with Crippen LogP contribution in [0.1, 0.15) is 18.2 Å². The second-order valence-electron chi connectivity index (χ2n) is 3.60. The number of hydrogen-bond donors (Lipinski definition) is 1. The van der Waals surface area contributed by atoms with Crippen molar-refractivity contribution in [2.45, 2.75) is 20.3 Å². The van der Waals surface area contributed by atoms with Gasteiger partial charge in [-0.05, 0) is 31.7 Å². The molecule has 1 aromatic carbocycles. The van der Waals surface area contributed by atoms with Crippen LogP contribution in [0.5, 0.6) is 5.75 Å². The molecule has 3 nitrogen and oxygen atoms in total. The molecule has 0 aliphatic carbocycles. The molecule has 16 heavy (non-hydrogen) atoms.